The molecule has 0 fully saturated rings. The summed E-state index contributed by atoms with van der Waals surface area (Å²) >= 11 is 13.1. The summed E-state index contributed by atoms with van der Waals surface area (Å²) in [5.41, 5.74) is 1.02. The molecule has 1 N–H and O–H groups in total. The minimum Gasteiger partial charge on any atom is -0.462 e. The van der Waals surface area contributed by atoms with Gasteiger partial charge in [0, 0.05) is 4.88 Å². The zero-order chi connectivity index (χ0) is 20.1. The van der Waals surface area contributed by atoms with Crippen LogP contribution in [0.1, 0.15) is 38.1 Å². The molecular weight excluding hydrogens is 413 g/mol. The van der Waals surface area contributed by atoms with Crippen molar-refractivity contribution < 1.29 is 23.9 Å². The quantitative estimate of drug-likeness (QED) is 0.675. The lowest BCUT2D eigenvalue weighted by atomic mass is 10.1. The first kappa shape index (κ1) is 21.2. The number of amides is 1. The molecule has 2 rings (SSSR count). The fraction of sp³-hybridized carbons (Fsp3) is 0.278. The van der Waals surface area contributed by atoms with E-state index in [9.17, 15) is 14.4 Å². The molecule has 0 aliphatic carbocycles. The molecule has 0 spiro atoms. The monoisotopic (exact) mass is 429 g/mol. The van der Waals surface area contributed by atoms with Gasteiger partial charge >= 0.3 is 11.9 Å². The maximum Gasteiger partial charge on any atom is 0.341 e. The van der Waals surface area contributed by atoms with Gasteiger partial charge in [-0.1, -0.05) is 29.3 Å². The standard InChI is InChI=1S/C18H17Cl2NO5S/c1-4-25-17(23)14-9(2)10(3)27-16(14)21-13(22)8-26-18(24)15-11(19)6-5-7-12(15)20/h5-7H,4,8H2,1-3H3,(H,21,22). The molecule has 0 saturated carbocycles. The Hall–Kier alpha value is -2.09. The second kappa shape index (κ2) is 9.21. The number of esters is 2. The highest BCUT2D eigenvalue weighted by Gasteiger charge is 2.23. The van der Waals surface area contributed by atoms with E-state index in [2.05, 4.69) is 5.32 Å². The molecular formula is C18H17Cl2NO5S. The van der Waals surface area contributed by atoms with Crippen LogP contribution in [0.2, 0.25) is 10.0 Å². The lowest BCUT2D eigenvalue weighted by Gasteiger charge is -2.09. The Morgan fingerprint density at radius 3 is 2.22 bits per heavy atom. The minimum absolute atomic E-state index is 0.0105. The number of carbonyl (C=O) groups is 3. The number of rotatable bonds is 6. The van der Waals surface area contributed by atoms with Crippen LogP contribution in [0.15, 0.2) is 18.2 Å². The van der Waals surface area contributed by atoms with Crippen molar-refractivity contribution in [3.05, 3.63) is 49.8 Å². The molecule has 2 aromatic rings. The lowest BCUT2D eigenvalue weighted by molar-refractivity contribution is -0.119. The fourth-order valence-corrected chi connectivity index (χ4v) is 3.84. The second-order valence-corrected chi connectivity index (χ2v) is 7.47. The molecule has 1 heterocycles. The number of benzene rings is 1. The summed E-state index contributed by atoms with van der Waals surface area (Å²) in [6.45, 7) is 4.96. The summed E-state index contributed by atoms with van der Waals surface area (Å²) in [6, 6.07) is 4.58. The molecule has 0 aliphatic heterocycles. The molecule has 0 aliphatic rings. The van der Waals surface area contributed by atoms with Gasteiger partial charge in [0.15, 0.2) is 6.61 Å². The predicted octanol–water partition coefficient (Wildman–Crippen LogP) is 4.64. The number of thiophene rings is 1. The van der Waals surface area contributed by atoms with E-state index in [1.807, 2.05) is 6.92 Å². The Bertz CT molecular complexity index is 874. The summed E-state index contributed by atoms with van der Waals surface area (Å²) in [5, 5.41) is 3.18. The van der Waals surface area contributed by atoms with Crippen molar-refractivity contribution in [3.63, 3.8) is 0 Å². The molecule has 0 radical (unpaired) electrons. The molecule has 144 valence electrons. The molecule has 1 aromatic carbocycles. The van der Waals surface area contributed by atoms with Crippen LogP contribution in [-0.4, -0.2) is 31.1 Å². The van der Waals surface area contributed by atoms with Crippen molar-refractivity contribution in [3.8, 4) is 0 Å². The topological polar surface area (TPSA) is 81.7 Å². The van der Waals surface area contributed by atoms with Gasteiger partial charge < -0.3 is 14.8 Å². The van der Waals surface area contributed by atoms with Gasteiger partial charge in [-0.2, -0.15) is 0 Å². The van der Waals surface area contributed by atoms with Crippen molar-refractivity contribution >= 4 is 57.4 Å². The van der Waals surface area contributed by atoms with E-state index in [1.165, 1.54) is 23.5 Å². The van der Waals surface area contributed by atoms with E-state index in [4.69, 9.17) is 32.7 Å². The number of aryl methyl sites for hydroxylation is 1. The van der Waals surface area contributed by atoms with Crippen LogP contribution in [0.3, 0.4) is 0 Å². The molecule has 6 nitrogen and oxygen atoms in total. The molecule has 1 aromatic heterocycles. The number of hydrogen-bond donors (Lipinski definition) is 1. The Kier molecular flexibility index (Phi) is 7.24. The summed E-state index contributed by atoms with van der Waals surface area (Å²) in [4.78, 5) is 37.3. The highest BCUT2D eigenvalue weighted by molar-refractivity contribution is 7.16. The van der Waals surface area contributed by atoms with Gasteiger partial charge in [-0.15, -0.1) is 11.3 Å². The number of anilines is 1. The Morgan fingerprint density at radius 2 is 1.63 bits per heavy atom. The summed E-state index contributed by atoms with van der Waals surface area (Å²) in [5.74, 6) is -1.93. The Morgan fingerprint density at radius 1 is 1.04 bits per heavy atom. The van der Waals surface area contributed by atoms with E-state index >= 15 is 0 Å². The lowest BCUT2D eigenvalue weighted by Crippen LogP contribution is -2.22. The maximum absolute atomic E-state index is 12.2. The second-order valence-electron chi connectivity index (χ2n) is 5.43. The zero-order valence-corrected chi connectivity index (χ0v) is 17.2. The van der Waals surface area contributed by atoms with E-state index in [1.54, 1.807) is 19.9 Å². The van der Waals surface area contributed by atoms with Crippen molar-refractivity contribution in [2.24, 2.45) is 0 Å². The first-order chi connectivity index (χ1) is 12.8. The van der Waals surface area contributed by atoms with Crippen molar-refractivity contribution in [2.75, 3.05) is 18.5 Å². The van der Waals surface area contributed by atoms with Crippen LogP contribution in [0.25, 0.3) is 0 Å². The average Bonchev–Trinajstić information content (AvgIpc) is 2.87. The smallest absolute Gasteiger partial charge is 0.341 e. The Balaban J connectivity index is 2.07. The van der Waals surface area contributed by atoms with E-state index in [-0.39, 0.29) is 22.2 Å². The van der Waals surface area contributed by atoms with Gasteiger partial charge in [0.2, 0.25) is 0 Å². The fourth-order valence-electron chi connectivity index (χ4n) is 2.22. The van der Waals surface area contributed by atoms with Crippen LogP contribution in [0.5, 0.6) is 0 Å². The first-order valence-corrected chi connectivity index (χ1v) is 9.51. The molecule has 9 heteroatoms. The van der Waals surface area contributed by atoms with Crippen molar-refractivity contribution in [2.45, 2.75) is 20.8 Å². The Labute approximate surface area is 170 Å². The van der Waals surface area contributed by atoms with Gasteiger partial charge in [0.25, 0.3) is 5.91 Å². The van der Waals surface area contributed by atoms with Gasteiger partial charge in [0.05, 0.1) is 27.8 Å². The van der Waals surface area contributed by atoms with E-state index < -0.39 is 24.5 Å². The number of carbonyl (C=O) groups excluding carboxylic acids is 3. The van der Waals surface area contributed by atoms with E-state index in [0.717, 1.165) is 10.4 Å². The maximum atomic E-state index is 12.2. The third kappa shape index (κ3) is 5.00. The molecule has 0 saturated heterocycles. The minimum atomic E-state index is -0.815. The van der Waals surface area contributed by atoms with Gasteiger partial charge in [0.1, 0.15) is 5.00 Å². The number of ether oxygens (including phenoxy) is 2. The predicted molar refractivity (Wildman–Crippen MR) is 105 cm³/mol. The van der Waals surface area contributed by atoms with Gasteiger partial charge in [-0.25, -0.2) is 9.59 Å². The normalized spacial score (nSPS) is 10.4. The average molecular weight is 430 g/mol. The number of hydrogen-bond acceptors (Lipinski definition) is 6. The van der Waals surface area contributed by atoms with Crippen LogP contribution < -0.4 is 5.32 Å². The zero-order valence-electron chi connectivity index (χ0n) is 14.9. The van der Waals surface area contributed by atoms with Crippen molar-refractivity contribution in [1.29, 1.82) is 0 Å². The van der Waals surface area contributed by atoms with Gasteiger partial charge in [-0.05, 0) is 38.5 Å². The summed E-state index contributed by atoms with van der Waals surface area (Å²) < 4.78 is 10.0. The van der Waals surface area contributed by atoms with Crippen LogP contribution in [0, 0.1) is 13.8 Å². The molecule has 0 bridgehead atoms. The van der Waals surface area contributed by atoms with Crippen molar-refractivity contribution in [1.82, 2.24) is 0 Å². The number of nitrogens with one attached hydrogen (secondary N) is 1. The van der Waals surface area contributed by atoms with Crippen LogP contribution in [-0.2, 0) is 14.3 Å². The largest absolute Gasteiger partial charge is 0.462 e. The number of halogens is 2. The summed E-state index contributed by atoms with van der Waals surface area (Å²) in [7, 11) is 0. The van der Waals surface area contributed by atoms with Crippen LogP contribution >= 0.6 is 34.5 Å². The molecule has 1 amide bonds. The third-order valence-corrected chi connectivity index (χ3v) is 5.37. The van der Waals surface area contributed by atoms with Gasteiger partial charge in [-0.3, -0.25) is 4.79 Å². The SMILES string of the molecule is CCOC(=O)c1c(NC(=O)COC(=O)c2c(Cl)cccc2Cl)sc(C)c1C. The highest BCUT2D eigenvalue weighted by atomic mass is 35.5. The molecule has 0 unspecified atom stereocenters. The molecule has 0 atom stereocenters. The van der Waals surface area contributed by atoms with Crippen LogP contribution in [0.4, 0.5) is 5.00 Å². The highest BCUT2D eigenvalue weighted by Crippen LogP contribution is 2.33. The molecule has 27 heavy (non-hydrogen) atoms. The third-order valence-electron chi connectivity index (χ3n) is 3.62. The first-order valence-electron chi connectivity index (χ1n) is 7.94. The van der Waals surface area contributed by atoms with E-state index in [0.29, 0.717) is 10.6 Å². The summed E-state index contributed by atoms with van der Waals surface area (Å²) in [6.07, 6.45) is 0.